The lowest BCUT2D eigenvalue weighted by molar-refractivity contribution is -0.139. The van der Waals surface area contributed by atoms with E-state index >= 15 is 0 Å². The number of rotatable bonds is 7. The minimum Gasteiger partial charge on any atom is -0.481 e. The second kappa shape index (κ2) is 7.25. The van der Waals surface area contributed by atoms with Crippen LogP contribution in [0.2, 0.25) is 0 Å². The molecule has 0 saturated heterocycles. The Hall–Kier alpha value is -2.41. The number of nitrogens with two attached hydrogens (primary N) is 1. The molecule has 0 aliphatic rings. The van der Waals surface area contributed by atoms with Crippen molar-refractivity contribution in [3.05, 3.63) is 30.3 Å². The van der Waals surface area contributed by atoms with Gasteiger partial charge in [-0.05, 0) is 12.1 Å². The molecule has 0 fully saturated rings. The molecule has 0 aromatic heterocycles. The number of nitrogens with zero attached hydrogens (tertiary/aromatic N) is 1. The van der Waals surface area contributed by atoms with Gasteiger partial charge in [0.15, 0.2) is 0 Å². The van der Waals surface area contributed by atoms with E-state index < -0.39 is 30.3 Å². The van der Waals surface area contributed by atoms with E-state index in [9.17, 15) is 14.4 Å². The van der Waals surface area contributed by atoms with Gasteiger partial charge in [-0.25, -0.2) is 0 Å². The molecule has 1 aromatic carbocycles. The van der Waals surface area contributed by atoms with Gasteiger partial charge in [0.25, 0.3) is 0 Å². The van der Waals surface area contributed by atoms with Crippen LogP contribution in [0.15, 0.2) is 30.3 Å². The summed E-state index contributed by atoms with van der Waals surface area (Å²) in [5.74, 6) is -2.84. The second-order valence-corrected chi connectivity index (χ2v) is 4.17. The number of aliphatic carboxylic acids is 2. The van der Waals surface area contributed by atoms with E-state index in [4.69, 9.17) is 15.9 Å². The van der Waals surface area contributed by atoms with E-state index in [2.05, 4.69) is 0 Å². The number of para-hydroxylation sites is 1. The third-order valence-corrected chi connectivity index (χ3v) is 2.59. The molecule has 7 heteroatoms. The molecule has 20 heavy (non-hydrogen) atoms. The summed E-state index contributed by atoms with van der Waals surface area (Å²) in [5.41, 5.74) is 6.03. The topological polar surface area (TPSA) is 121 Å². The average molecular weight is 280 g/mol. The molecular formula is C13H16N2O5. The summed E-state index contributed by atoms with van der Waals surface area (Å²) in [4.78, 5) is 34.6. The number of amides is 1. The van der Waals surface area contributed by atoms with Crippen molar-refractivity contribution in [2.45, 2.75) is 18.9 Å². The van der Waals surface area contributed by atoms with E-state index in [-0.39, 0.29) is 13.0 Å². The van der Waals surface area contributed by atoms with Crippen molar-refractivity contribution < 1.29 is 24.6 Å². The summed E-state index contributed by atoms with van der Waals surface area (Å²) in [6, 6.07) is 7.20. The zero-order chi connectivity index (χ0) is 15.1. The van der Waals surface area contributed by atoms with Crippen molar-refractivity contribution in [1.82, 2.24) is 0 Å². The first-order chi connectivity index (χ1) is 9.41. The Morgan fingerprint density at radius 2 is 1.70 bits per heavy atom. The van der Waals surface area contributed by atoms with Crippen molar-refractivity contribution in [1.29, 1.82) is 0 Å². The molecule has 0 radical (unpaired) electrons. The van der Waals surface area contributed by atoms with Crippen molar-refractivity contribution in [2.24, 2.45) is 5.73 Å². The van der Waals surface area contributed by atoms with E-state index in [1.807, 2.05) is 0 Å². The van der Waals surface area contributed by atoms with Crippen LogP contribution in [0.4, 0.5) is 5.69 Å². The summed E-state index contributed by atoms with van der Waals surface area (Å²) in [7, 11) is 0. The van der Waals surface area contributed by atoms with Crippen LogP contribution in [-0.4, -0.2) is 40.6 Å². The van der Waals surface area contributed by atoms with Crippen LogP contribution in [0.3, 0.4) is 0 Å². The Bertz CT molecular complexity index is 489. The van der Waals surface area contributed by atoms with E-state index in [0.29, 0.717) is 5.69 Å². The normalized spacial score (nSPS) is 11.7. The van der Waals surface area contributed by atoms with Crippen LogP contribution >= 0.6 is 0 Å². The van der Waals surface area contributed by atoms with Gasteiger partial charge in [-0.1, -0.05) is 18.2 Å². The average Bonchev–Trinajstić information content (AvgIpc) is 2.38. The first kappa shape index (κ1) is 15.6. The second-order valence-electron chi connectivity index (χ2n) is 4.17. The number of hydrogen-bond acceptors (Lipinski definition) is 4. The fourth-order valence-corrected chi connectivity index (χ4v) is 1.66. The molecule has 1 unspecified atom stereocenters. The third kappa shape index (κ3) is 4.69. The van der Waals surface area contributed by atoms with Crippen molar-refractivity contribution >= 4 is 23.5 Å². The van der Waals surface area contributed by atoms with Gasteiger partial charge in [0.2, 0.25) is 5.91 Å². The molecule has 1 atom stereocenters. The number of benzene rings is 1. The number of carbonyl (C=O) groups is 3. The van der Waals surface area contributed by atoms with Gasteiger partial charge in [-0.3, -0.25) is 14.4 Å². The van der Waals surface area contributed by atoms with E-state index in [1.165, 1.54) is 4.90 Å². The largest absolute Gasteiger partial charge is 0.481 e. The number of anilines is 1. The summed E-state index contributed by atoms with van der Waals surface area (Å²) in [5, 5.41) is 17.4. The molecule has 4 N–H and O–H groups in total. The maximum atomic E-state index is 12.1. The molecule has 7 nitrogen and oxygen atoms in total. The molecule has 108 valence electrons. The Balaban J connectivity index is 2.89. The highest BCUT2D eigenvalue weighted by Crippen LogP contribution is 2.15. The molecule has 0 spiro atoms. The SMILES string of the molecule is NC(CC(=O)O)C(=O)N(CCC(=O)O)c1ccccc1. The van der Waals surface area contributed by atoms with E-state index in [0.717, 1.165) is 0 Å². The molecule has 1 aromatic rings. The first-order valence-corrected chi connectivity index (χ1v) is 5.97. The Labute approximate surface area is 115 Å². The van der Waals surface area contributed by atoms with E-state index in [1.54, 1.807) is 30.3 Å². The predicted molar refractivity (Wildman–Crippen MR) is 71.3 cm³/mol. The van der Waals surface area contributed by atoms with Crippen LogP contribution in [0, 0.1) is 0 Å². The molecule has 0 aliphatic carbocycles. The standard InChI is InChI=1S/C13H16N2O5/c14-10(8-12(18)19)13(20)15(7-6-11(16)17)9-4-2-1-3-5-9/h1-5,10H,6-8,14H2,(H,16,17)(H,18,19). The van der Waals surface area contributed by atoms with Gasteiger partial charge in [0.1, 0.15) is 0 Å². The molecule has 1 rings (SSSR count). The highest BCUT2D eigenvalue weighted by Gasteiger charge is 2.24. The smallest absolute Gasteiger partial charge is 0.305 e. The number of carboxylic acids is 2. The highest BCUT2D eigenvalue weighted by atomic mass is 16.4. The summed E-state index contributed by atoms with van der Waals surface area (Å²) < 4.78 is 0. The van der Waals surface area contributed by atoms with Crippen molar-refractivity contribution in [3.8, 4) is 0 Å². The molecule has 0 heterocycles. The van der Waals surface area contributed by atoms with Gasteiger partial charge in [0, 0.05) is 12.2 Å². The van der Waals surface area contributed by atoms with Crippen LogP contribution in [0.25, 0.3) is 0 Å². The van der Waals surface area contributed by atoms with Gasteiger partial charge in [-0.15, -0.1) is 0 Å². The Morgan fingerprint density at radius 1 is 1.10 bits per heavy atom. The zero-order valence-corrected chi connectivity index (χ0v) is 10.7. The maximum absolute atomic E-state index is 12.1. The van der Waals surface area contributed by atoms with Gasteiger partial charge < -0.3 is 20.8 Å². The summed E-state index contributed by atoms with van der Waals surface area (Å²) in [6.07, 6.45) is -0.754. The van der Waals surface area contributed by atoms with Crippen molar-refractivity contribution in [2.75, 3.05) is 11.4 Å². The maximum Gasteiger partial charge on any atom is 0.305 e. The zero-order valence-electron chi connectivity index (χ0n) is 10.7. The van der Waals surface area contributed by atoms with Gasteiger partial charge >= 0.3 is 11.9 Å². The van der Waals surface area contributed by atoms with Gasteiger partial charge in [0.05, 0.1) is 18.9 Å². The van der Waals surface area contributed by atoms with Crippen LogP contribution < -0.4 is 10.6 Å². The van der Waals surface area contributed by atoms with Crippen LogP contribution in [0.1, 0.15) is 12.8 Å². The molecule has 1 amide bonds. The highest BCUT2D eigenvalue weighted by molar-refractivity contribution is 5.99. The minimum atomic E-state index is -1.21. The van der Waals surface area contributed by atoms with Crippen molar-refractivity contribution in [3.63, 3.8) is 0 Å². The minimum absolute atomic E-state index is 0.0640. The molecule has 0 saturated carbocycles. The fourth-order valence-electron chi connectivity index (χ4n) is 1.66. The monoisotopic (exact) mass is 280 g/mol. The van der Waals surface area contributed by atoms with Gasteiger partial charge in [-0.2, -0.15) is 0 Å². The quantitative estimate of drug-likeness (QED) is 0.660. The Morgan fingerprint density at radius 3 is 2.20 bits per heavy atom. The number of carbonyl (C=O) groups excluding carboxylic acids is 1. The predicted octanol–water partition coefficient (Wildman–Crippen LogP) is 0.296. The fraction of sp³-hybridized carbons (Fsp3) is 0.308. The molecule has 0 bridgehead atoms. The lowest BCUT2D eigenvalue weighted by Crippen LogP contribution is -2.45. The summed E-state index contributed by atoms with van der Waals surface area (Å²) in [6.45, 7) is -0.0640. The molecular weight excluding hydrogens is 264 g/mol. The van der Waals surface area contributed by atoms with Crippen LogP contribution in [-0.2, 0) is 14.4 Å². The van der Waals surface area contributed by atoms with Crippen LogP contribution in [0.5, 0.6) is 0 Å². The number of hydrogen-bond donors (Lipinski definition) is 3. The lowest BCUT2D eigenvalue weighted by atomic mass is 10.1. The lowest BCUT2D eigenvalue weighted by Gasteiger charge is -2.24. The molecule has 0 aliphatic heterocycles. The summed E-state index contributed by atoms with van der Waals surface area (Å²) >= 11 is 0. The third-order valence-electron chi connectivity index (χ3n) is 2.59. The first-order valence-electron chi connectivity index (χ1n) is 5.97. The number of carboxylic acid groups (broad SMARTS) is 2. The Kier molecular flexibility index (Phi) is 5.67.